The van der Waals surface area contributed by atoms with Gasteiger partial charge in [-0.15, -0.1) is 0 Å². The number of rotatable bonds is 4. The summed E-state index contributed by atoms with van der Waals surface area (Å²) in [6.07, 6.45) is -4.12. The van der Waals surface area contributed by atoms with Crippen LogP contribution in [0.1, 0.15) is 81.1 Å². The summed E-state index contributed by atoms with van der Waals surface area (Å²) in [6, 6.07) is 0. The van der Waals surface area contributed by atoms with Crippen molar-refractivity contribution in [3.8, 4) is 0 Å². The highest BCUT2D eigenvalue weighted by Crippen LogP contribution is 2.64. The molecule has 6 nitrogen and oxygen atoms in total. The van der Waals surface area contributed by atoms with Gasteiger partial charge < -0.3 is 9.47 Å². The van der Waals surface area contributed by atoms with Gasteiger partial charge in [-0.3, -0.25) is 9.59 Å². The molecule has 0 aliphatic heterocycles. The smallest absolute Gasteiger partial charge is 0.433 e. The lowest BCUT2D eigenvalue weighted by Gasteiger charge is -2.59. The number of Topliss-reactive ketones (excluding diaryl/α,β-unsaturated/α-hetero) is 2. The number of hydrogen-bond donors (Lipinski definition) is 0. The van der Waals surface area contributed by atoms with Crippen molar-refractivity contribution < 1.29 is 55.0 Å². The number of fused-ring (bicyclic) bond motifs is 4. The van der Waals surface area contributed by atoms with Crippen molar-refractivity contribution in [3.05, 3.63) is 0 Å². The fraction of sp³-hybridized carbons (Fsp3) is 0.852. The molecule has 0 saturated heterocycles. The monoisotopic (exact) mass is 570 g/mol. The zero-order chi connectivity index (χ0) is 30.4. The van der Waals surface area contributed by atoms with Crippen LogP contribution in [0.5, 0.6) is 0 Å². The minimum Gasteiger partial charge on any atom is -0.450 e. The molecule has 5 aliphatic carbocycles. The summed E-state index contributed by atoms with van der Waals surface area (Å²) < 4.78 is 86.3. The van der Waals surface area contributed by atoms with E-state index in [-0.39, 0.29) is 47.7 Å². The van der Waals surface area contributed by atoms with Gasteiger partial charge in [0.1, 0.15) is 0 Å². The van der Waals surface area contributed by atoms with Gasteiger partial charge in [0.15, 0.2) is 23.3 Å². The maximum absolute atomic E-state index is 13.6. The SMILES string of the molecule is CC(F)(F)C(=O)OC1C(=O)C2(C)CCC1C2(C)C.CC1(OC(=O)C(C)(F)C(F)(F)F)CC2CC(C1=O)C2(C)C. The van der Waals surface area contributed by atoms with Gasteiger partial charge in [0.25, 0.3) is 5.67 Å². The minimum absolute atomic E-state index is 0.0785. The first-order valence-corrected chi connectivity index (χ1v) is 12.9. The Morgan fingerprint density at radius 2 is 1.41 bits per heavy atom. The van der Waals surface area contributed by atoms with E-state index < -0.39 is 52.6 Å². The van der Waals surface area contributed by atoms with Crippen molar-refractivity contribution in [1.82, 2.24) is 0 Å². The second kappa shape index (κ2) is 8.93. The molecule has 7 unspecified atom stereocenters. The maximum Gasteiger partial charge on any atom is 0.433 e. The number of alkyl halides is 6. The summed E-state index contributed by atoms with van der Waals surface area (Å²) in [5, 5.41) is 0. The molecule has 0 heterocycles. The molecule has 0 spiro atoms. The van der Waals surface area contributed by atoms with Crippen molar-refractivity contribution in [3.63, 3.8) is 0 Å². The van der Waals surface area contributed by atoms with Crippen LogP contribution in [0.4, 0.5) is 26.3 Å². The van der Waals surface area contributed by atoms with E-state index in [1.54, 1.807) is 0 Å². The third-order valence-corrected chi connectivity index (χ3v) is 10.2. The molecule has 222 valence electrons. The Kier molecular flexibility index (Phi) is 7.19. The summed E-state index contributed by atoms with van der Waals surface area (Å²) in [6.45, 7) is 11.4. The van der Waals surface area contributed by atoms with Gasteiger partial charge in [-0.25, -0.2) is 14.0 Å². The molecule has 12 heteroatoms. The maximum atomic E-state index is 13.6. The zero-order valence-electron chi connectivity index (χ0n) is 23.4. The lowest BCUT2D eigenvalue weighted by molar-refractivity contribution is -0.245. The molecule has 0 N–H and O–H groups in total. The van der Waals surface area contributed by atoms with E-state index >= 15 is 0 Å². The van der Waals surface area contributed by atoms with Crippen LogP contribution >= 0.6 is 0 Å². The molecular formula is C27H36F6O6. The molecule has 0 radical (unpaired) electrons. The third kappa shape index (κ3) is 4.67. The van der Waals surface area contributed by atoms with Crippen LogP contribution in [0, 0.1) is 34.0 Å². The van der Waals surface area contributed by atoms with E-state index in [1.807, 2.05) is 34.6 Å². The highest BCUT2D eigenvalue weighted by molar-refractivity contribution is 5.96. The lowest BCUT2D eigenvalue weighted by Crippen LogP contribution is -2.65. The van der Waals surface area contributed by atoms with Crippen molar-refractivity contribution in [2.45, 2.75) is 111 Å². The number of hydrogen-bond acceptors (Lipinski definition) is 6. The Labute approximate surface area is 223 Å². The van der Waals surface area contributed by atoms with Crippen molar-refractivity contribution >= 4 is 23.5 Å². The summed E-state index contributed by atoms with van der Waals surface area (Å²) >= 11 is 0. The molecule has 39 heavy (non-hydrogen) atoms. The largest absolute Gasteiger partial charge is 0.450 e. The molecule has 0 aromatic heterocycles. The van der Waals surface area contributed by atoms with E-state index in [0.717, 1.165) is 12.8 Å². The van der Waals surface area contributed by atoms with E-state index in [2.05, 4.69) is 0 Å². The van der Waals surface area contributed by atoms with E-state index in [0.29, 0.717) is 13.3 Å². The summed E-state index contributed by atoms with van der Waals surface area (Å²) in [5.74, 6) is -8.25. The van der Waals surface area contributed by atoms with Crippen LogP contribution in [-0.2, 0) is 28.7 Å². The van der Waals surface area contributed by atoms with Crippen LogP contribution in [0.3, 0.4) is 0 Å². The number of carbonyl (C=O) groups excluding carboxylic acids is 4. The standard InChI is InChI=1S/C14H18F4O3.C13H18F2O3/c1-11(2)7-5-8(11)9(19)12(3,6-7)21-10(20)13(4,15)14(16,17)18;1-11(2)7-5-6-12(11,3)9(16)8(7)18-10(17)13(4,14)15/h7-8H,5-6H2,1-4H3;7-8H,5-6H2,1-4H3. The van der Waals surface area contributed by atoms with Crippen LogP contribution in [0.2, 0.25) is 0 Å². The van der Waals surface area contributed by atoms with Gasteiger partial charge >= 0.3 is 24.0 Å². The van der Waals surface area contributed by atoms with Crippen molar-refractivity contribution in [2.24, 2.45) is 34.0 Å². The Morgan fingerprint density at radius 1 is 0.872 bits per heavy atom. The number of ketones is 2. The minimum atomic E-state index is -5.37. The topological polar surface area (TPSA) is 86.7 Å². The molecule has 0 amide bonds. The molecule has 0 aromatic rings. The molecule has 5 aliphatic rings. The van der Waals surface area contributed by atoms with Gasteiger partial charge in [-0.05, 0) is 56.3 Å². The fourth-order valence-electron chi connectivity index (χ4n) is 6.61. The van der Waals surface area contributed by atoms with Crippen LogP contribution in [0.25, 0.3) is 0 Å². The summed E-state index contributed by atoms with van der Waals surface area (Å²) in [7, 11) is 0. The first-order chi connectivity index (χ1) is 17.2. The Balaban J connectivity index is 0.000000218. The van der Waals surface area contributed by atoms with Crippen LogP contribution in [-0.4, -0.2) is 53.0 Å². The van der Waals surface area contributed by atoms with E-state index in [1.165, 1.54) is 6.92 Å². The highest BCUT2D eigenvalue weighted by Gasteiger charge is 2.68. The van der Waals surface area contributed by atoms with Gasteiger partial charge in [0.2, 0.25) is 0 Å². The average molecular weight is 571 g/mol. The van der Waals surface area contributed by atoms with Crippen molar-refractivity contribution in [2.75, 3.05) is 0 Å². The summed E-state index contributed by atoms with van der Waals surface area (Å²) in [5.41, 5.74) is -6.90. The molecule has 0 aromatic carbocycles. The number of ether oxygens (including phenoxy) is 2. The van der Waals surface area contributed by atoms with Gasteiger partial charge in [-0.1, -0.05) is 34.6 Å². The van der Waals surface area contributed by atoms with Gasteiger partial charge in [-0.2, -0.15) is 22.0 Å². The Bertz CT molecular complexity index is 1070. The fourth-order valence-corrected chi connectivity index (χ4v) is 6.61. The number of carbonyl (C=O) groups is 4. The Morgan fingerprint density at radius 3 is 1.79 bits per heavy atom. The normalized spacial score (nSPS) is 37.7. The molecule has 7 atom stereocenters. The summed E-state index contributed by atoms with van der Waals surface area (Å²) in [4.78, 5) is 47.4. The number of esters is 2. The predicted molar refractivity (Wildman–Crippen MR) is 125 cm³/mol. The van der Waals surface area contributed by atoms with E-state index in [4.69, 9.17) is 9.47 Å². The molecule has 4 bridgehead atoms. The molecular weight excluding hydrogens is 534 g/mol. The second-order valence-electron chi connectivity index (χ2n) is 13.3. The van der Waals surface area contributed by atoms with Crippen LogP contribution in [0.15, 0.2) is 0 Å². The predicted octanol–water partition coefficient (Wildman–Crippen LogP) is 5.79. The molecule has 5 saturated carbocycles. The average Bonchev–Trinajstić information content (AvgIpc) is 3.07. The van der Waals surface area contributed by atoms with Crippen molar-refractivity contribution in [1.29, 1.82) is 0 Å². The second-order valence-corrected chi connectivity index (χ2v) is 13.3. The van der Waals surface area contributed by atoms with Gasteiger partial charge in [0.05, 0.1) is 0 Å². The zero-order valence-corrected chi connectivity index (χ0v) is 23.4. The highest BCUT2D eigenvalue weighted by atomic mass is 19.4. The quantitative estimate of drug-likeness (QED) is 0.314. The first kappa shape index (κ1) is 31.4. The lowest BCUT2D eigenvalue weighted by atomic mass is 9.45. The van der Waals surface area contributed by atoms with Crippen LogP contribution < -0.4 is 0 Å². The molecule has 5 rings (SSSR count). The number of halogens is 6. The third-order valence-electron chi connectivity index (χ3n) is 10.2. The van der Waals surface area contributed by atoms with E-state index in [9.17, 15) is 45.5 Å². The Hall–Kier alpha value is -2.14. The van der Waals surface area contributed by atoms with Gasteiger partial charge in [0, 0.05) is 24.2 Å². The first-order valence-electron chi connectivity index (χ1n) is 12.9. The molecule has 5 fully saturated rings.